The van der Waals surface area contributed by atoms with E-state index in [9.17, 15) is 10.2 Å². The molecule has 156 valence electrons. The van der Waals surface area contributed by atoms with Gasteiger partial charge in [-0.05, 0) is 56.5 Å². The van der Waals surface area contributed by atoms with Gasteiger partial charge in [-0.2, -0.15) is 0 Å². The first-order valence-electron chi connectivity index (χ1n) is 10.6. The van der Waals surface area contributed by atoms with Gasteiger partial charge in [0.2, 0.25) is 0 Å². The van der Waals surface area contributed by atoms with Crippen LogP contribution in [-0.2, 0) is 0 Å². The monoisotopic (exact) mass is 397 g/mol. The van der Waals surface area contributed by atoms with Crippen molar-refractivity contribution in [2.45, 2.75) is 50.9 Å². The second-order valence-corrected chi connectivity index (χ2v) is 8.36. The van der Waals surface area contributed by atoms with Crippen LogP contribution in [0, 0.1) is 6.92 Å². The molecule has 0 amide bonds. The summed E-state index contributed by atoms with van der Waals surface area (Å²) in [5.74, 6) is 1.64. The molecule has 2 atom stereocenters. The largest absolute Gasteiger partial charge is 0.494 e. The maximum atomic E-state index is 10.7. The average Bonchev–Trinajstić information content (AvgIpc) is 2.71. The Kier molecular flexibility index (Phi) is 5.81. The Morgan fingerprint density at radius 3 is 2.59 bits per heavy atom. The molecule has 0 radical (unpaired) electrons. The van der Waals surface area contributed by atoms with E-state index < -0.39 is 12.2 Å². The summed E-state index contributed by atoms with van der Waals surface area (Å²) in [6, 6.07) is 13.7. The fourth-order valence-electron chi connectivity index (χ4n) is 4.51. The summed E-state index contributed by atoms with van der Waals surface area (Å²) >= 11 is 0. The molecular formula is C24H31NO4. The zero-order valence-corrected chi connectivity index (χ0v) is 17.3. The van der Waals surface area contributed by atoms with E-state index in [0.717, 1.165) is 54.1 Å². The van der Waals surface area contributed by atoms with E-state index in [2.05, 4.69) is 4.90 Å². The van der Waals surface area contributed by atoms with Crippen LogP contribution in [0.2, 0.25) is 0 Å². The van der Waals surface area contributed by atoms with Crippen molar-refractivity contribution in [3.63, 3.8) is 0 Å². The number of nitrogens with zero attached hydrogens (tertiary/aromatic N) is 1. The van der Waals surface area contributed by atoms with Crippen molar-refractivity contribution >= 4 is 0 Å². The lowest BCUT2D eigenvalue weighted by Gasteiger charge is -2.46. The first-order chi connectivity index (χ1) is 14.0. The number of benzene rings is 2. The number of likely N-dealkylation sites (tertiary alicyclic amines) is 1. The summed E-state index contributed by atoms with van der Waals surface area (Å²) in [6.07, 6.45) is 1.35. The van der Waals surface area contributed by atoms with Crippen molar-refractivity contribution in [1.29, 1.82) is 0 Å². The van der Waals surface area contributed by atoms with Gasteiger partial charge in [0.15, 0.2) is 0 Å². The molecule has 29 heavy (non-hydrogen) atoms. The Hall–Kier alpha value is -2.08. The van der Waals surface area contributed by atoms with Gasteiger partial charge in [-0.25, -0.2) is 0 Å². The number of aliphatic hydroxyl groups excluding tert-OH is 2. The van der Waals surface area contributed by atoms with Crippen molar-refractivity contribution < 1.29 is 19.7 Å². The van der Waals surface area contributed by atoms with Gasteiger partial charge in [-0.1, -0.05) is 23.8 Å². The lowest BCUT2D eigenvalue weighted by molar-refractivity contribution is -0.0588. The predicted molar refractivity (Wildman–Crippen MR) is 112 cm³/mol. The molecule has 2 aliphatic heterocycles. The minimum atomic E-state index is -0.527. The number of rotatable bonds is 5. The zero-order valence-electron chi connectivity index (χ0n) is 17.3. The normalized spacial score (nSPS) is 22.0. The number of ether oxygens (including phenoxy) is 2. The van der Waals surface area contributed by atoms with Gasteiger partial charge in [-0.15, -0.1) is 0 Å². The van der Waals surface area contributed by atoms with Gasteiger partial charge in [0, 0.05) is 31.6 Å². The first-order valence-corrected chi connectivity index (χ1v) is 10.6. The average molecular weight is 398 g/mol. The first kappa shape index (κ1) is 20.2. The Labute approximate surface area is 172 Å². The lowest BCUT2D eigenvalue weighted by Crippen LogP contribution is -2.51. The lowest BCUT2D eigenvalue weighted by atomic mass is 9.81. The van der Waals surface area contributed by atoms with Crippen LogP contribution in [0.25, 0.3) is 0 Å². The molecule has 0 aliphatic carbocycles. The fourth-order valence-corrected chi connectivity index (χ4v) is 4.51. The topological polar surface area (TPSA) is 62.2 Å². The maximum absolute atomic E-state index is 10.7. The number of hydrogen-bond acceptors (Lipinski definition) is 5. The molecule has 0 saturated carbocycles. The molecule has 2 aromatic carbocycles. The molecule has 5 nitrogen and oxygen atoms in total. The third-order valence-corrected chi connectivity index (χ3v) is 6.19. The summed E-state index contributed by atoms with van der Waals surface area (Å²) in [4.78, 5) is 2.28. The van der Waals surface area contributed by atoms with Crippen LogP contribution in [0.3, 0.4) is 0 Å². The molecule has 0 unspecified atom stereocenters. The quantitative estimate of drug-likeness (QED) is 0.804. The van der Waals surface area contributed by atoms with Crippen LogP contribution in [0.15, 0.2) is 42.5 Å². The highest BCUT2D eigenvalue weighted by Crippen LogP contribution is 2.44. The number of aryl methyl sites for hydroxylation is 1. The molecule has 1 fully saturated rings. The predicted octanol–water partition coefficient (Wildman–Crippen LogP) is 3.78. The maximum Gasteiger partial charge on any atom is 0.125 e. The van der Waals surface area contributed by atoms with Crippen molar-refractivity contribution in [3.8, 4) is 11.5 Å². The molecule has 2 aliphatic rings. The van der Waals surface area contributed by atoms with Gasteiger partial charge in [0.25, 0.3) is 0 Å². The minimum Gasteiger partial charge on any atom is -0.494 e. The smallest absolute Gasteiger partial charge is 0.125 e. The van der Waals surface area contributed by atoms with E-state index in [-0.39, 0.29) is 5.60 Å². The molecule has 2 aromatic rings. The molecule has 4 rings (SSSR count). The molecule has 0 aromatic heterocycles. The Balaban J connectivity index is 1.35. The number of hydrogen-bond donors (Lipinski definition) is 2. The van der Waals surface area contributed by atoms with Crippen LogP contribution in [0.4, 0.5) is 0 Å². The molecular weight excluding hydrogens is 366 g/mol. The molecule has 1 saturated heterocycles. The summed E-state index contributed by atoms with van der Waals surface area (Å²) in [5.41, 5.74) is 2.65. The van der Waals surface area contributed by atoms with Crippen LogP contribution in [0.1, 0.15) is 55.1 Å². The van der Waals surface area contributed by atoms with Crippen LogP contribution in [-0.4, -0.2) is 47.0 Å². The number of piperidine rings is 1. The van der Waals surface area contributed by atoms with Gasteiger partial charge in [-0.3, -0.25) is 0 Å². The molecule has 1 spiro atoms. The second kappa shape index (κ2) is 8.34. The van der Waals surface area contributed by atoms with E-state index in [1.54, 1.807) is 0 Å². The SMILES string of the molecule is CCOc1ccc([C@@H](O)CN2CCC3(CC2)C[C@@H](O)c2cc(C)ccc2O3)cc1. The molecule has 0 bridgehead atoms. The highest BCUT2D eigenvalue weighted by Gasteiger charge is 2.43. The van der Waals surface area contributed by atoms with Crippen LogP contribution < -0.4 is 9.47 Å². The number of aliphatic hydroxyl groups is 2. The Morgan fingerprint density at radius 1 is 1.17 bits per heavy atom. The molecule has 2 N–H and O–H groups in total. The van der Waals surface area contributed by atoms with Crippen molar-refractivity contribution in [2.24, 2.45) is 0 Å². The van der Waals surface area contributed by atoms with E-state index in [0.29, 0.717) is 19.6 Å². The van der Waals surface area contributed by atoms with Crippen molar-refractivity contribution in [3.05, 3.63) is 59.2 Å². The minimum absolute atomic E-state index is 0.303. The fraction of sp³-hybridized carbons (Fsp3) is 0.500. The second-order valence-electron chi connectivity index (χ2n) is 8.36. The van der Waals surface area contributed by atoms with Gasteiger partial charge >= 0.3 is 0 Å². The Morgan fingerprint density at radius 2 is 1.90 bits per heavy atom. The third-order valence-electron chi connectivity index (χ3n) is 6.19. The van der Waals surface area contributed by atoms with Gasteiger partial charge in [0.1, 0.15) is 17.1 Å². The third kappa shape index (κ3) is 4.42. The zero-order chi connectivity index (χ0) is 20.4. The summed E-state index contributed by atoms with van der Waals surface area (Å²) < 4.78 is 11.9. The van der Waals surface area contributed by atoms with E-state index in [1.807, 2.05) is 56.3 Å². The van der Waals surface area contributed by atoms with Crippen LogP contribution in [0.5, 0.6) is 11.5 Å². The van der Waals surface area contributed by atoms with E-state index in [1.165, 1.54) is 0 Å². The summed E-state index contributed by atoms with van der Waals surface area (Å²) in [6.45, 7) is 6.93. The summed E-state index contributed by atoms with van der Waals surface area (Å²) in [7, 11) is 0. The van der Waals surface area contributed by atoms with E-state index >= 15 is 0 Å². The Bertz CT molecular complexity index is 827. The van der Waals surface area contributed by atoms with Crippen molar-refractivity contribution in [1.82, 2.24) is 4.90 Å². The van der Waals surface area contributed by atoms with Gasteiger partial charge in [0.05, 0.1) is 18.8 Å². The van der Waals surface area contributed by atoms with Crippen molar-refractivity contribution in [2.75, 3.05) is 26.2 Å². The van der Waals surface area contributed by atoms with E-state index in [4.69, 9.17) is 9.47 Å². The number of β-amino-alcohol motifs (C(OH)–C–C–N with tert-alkyl or cyclic N) is 1. The molecule has 2 heterocycles. The van der Waals surface area contributed by atoms with Gasteiger partial charge < -0.3 is 24.6 Å². The van der Waals surface area contributed by atoms with Crippen LogP contribution >= 0.6 is 0 Å². The number of fused-ring (bicyclic) bond motifs is 1. The summed E-state index contributed by atoms with van der Waals surface area (Å²) in [5, 5.41) is 21.3. The molecule has 5 heteroatoms. The highest BCUT2D eigenvalue weighted by atomic mass is 16.5. The standard InChI is InChI=1S/C24H31NO4/c1-3-28-19-7-5-18(6-8-19)22(27)16-25-12-10-24(11-13-25)15-21(26)20-14-17(2)4-9-23(20)29-24/h4-9,14,21-22,26-27H,3,10-13,15-16H2,1-2H3/t21-,22+/m1/s1. The highest BCUT2D eigenvalue weighted by molar-refractivity contribution is 5.41.